The Morgan fingerprint density at radius 3 is 1.15 bits per heavy atom. The van der Waals surface area contributed by atoms with E-state index in [4.69, 9.17) is 4.74 Å². The zero-order valence-corrected chi connectivity index (χ0v) is 25.9. The number of carbonyl (C=O) groups is 1. The van der Waals surface area contributed by atoms with Gasteiger partial charge >= 0.3 is 6.09 Å². The molecule has 5 nitrogen and oxygen atoms in total. The second kappa shape index (κ2) is 9.59. The summed E-state index contributed by atoms with van der Waals surface area (Å²) in [5.74, 6) is 0. The third-order valence-corrected chi connectivity index (χ3v) is 8.98. The fourth-order valence-electron chi connectivity index (χ4n) is 7.18. The summed E-state index contributed by atoms with van der Waals surface area (Å²) in [7, 11) is 0. The number of nitrogens with zero attached hydrogens (tertiary/aromatic N) is 3. The van der Waals surface area contributed by atoms with E-state index in [1.165, 1.54) is 21.5 Å². The number of benzene rings is 6. The third-order valence-electron chi connectivity index (χ3n) is 8.98. The van der Waals surface area contributed by atoms with E-state index >= 15 is 0 Å². The fraction of sp³-hybridized carbons (Fsp3) is 0.0976. The van der Waals surface area contributed by atoms with E-state index in [1.54, 1.807) is 4.57 Å². The van der Waals surface area contributed by atoms with Crippen molar-refractivity contribution in [1.29, 1.82) is 0 Å². The van der Waals surface area contributed by atoms with Gasteiger partial charge in [0.15, 0.2) is 0 Å². The predicted octanol–water partition coefficient (Wildman–Crippen LogP) is 10.8. The number of carbonyl (C=O) groups excluding carboxylic acids is 1. The first-order valence-corrected chi connectivity index (χ1v) is 15.7. The molecule has 0 fully saturated rings. The Hall–Kier alpha value is -5.81. The summed E-state index contributed by atoms with van der Waals surface area (Å²) in [6, 6.07) is 46.9. The number of hydrogen-bond donors (Lipinski definition) is 0. The van der Waals surface area contributed by atoms with Crippen LogP contribution in [0.4, 0.5) is 4.79 Å². The van der Waals surface area contributed by atoms with E-state index < -0.39 is 5.60 Å². The molecule has 0 saturated carbocycles. The van der Waals surface area contributed by atoms with Gasteiger partial charge in [0.1, 0.15) is 5.60 Å². The van der Waals surface area contributed by atoms with Crippen molar-refractivity contribution in [1.82, 2.24) is 13.7 Å². The molecule has 0 saturated heterocycles. The molecule has 3 heterocycles. The first-order chi connectivity index (χ1) is 22.4. The van der Waals surface area contributed by atoms with Gasteiger partial charge in [0.25, 0.3) is 0 Å². The van der Waals surface area contributed by atoms with Crippen LogP contribution in [-0.2, 0) is 4.74 Å². The lowest BCUT2D eigenvalue weighted by molar-refractivity contribution is 0.0551. The Labute approximate surface area is 265 Å². The summed E-state index contributed by atoms with van der Waals surface area (Å²) in [6.07, 6.45) is -0.387. The lowest BCUT2D eigenvalue weighted by atomic mass is 10.1. The topological polar surface area (TPSA) is 41.1 Å². The van der Waals surface area contributed by atoms with Crippen LogP contribution in [0.5, 0.6) is 0 Å². The predicted molar refractivity (Wildman–Crippen MR) is 190 cm³/mol. The summed E-state index contributed by atoms with van der Waals surface area (Å²) in [4.78, 5) is 13.8. The Bertz CT molecular complexity index is 2400. The van der Waals surface area contributed by atoms with Gasteiger partial charge in [-0.25, -0.2) is 9.36 Å². The molecule has 6 aromatic carbocycles. The quantitative estimate of drug-likeness (QED) is 0.199. The van der Waals surface area contributed by atoms with Crippen molar-refractivity contribution < 1.29 is 9.53 Å². The average Bonchev–Trinajstić information content (AvgIpc) is 3.69. The van der Waals surface area contributed by atoms with E-state index in [2.05, 4.69) is 143 Å². The maximum atomic E-state index is 13.8. The molecule has 0 aliphatic rings. The molecule has 0 N–H and O–H groups in total. The van der Waals surface area contributed by atoms with Crippen LogP contribution in [0.1, 0.15) is 20.8 Å². The van der Waals surface area contributed by atoms with Gasteiger partial charge in [-0.15, -0.1) is 0 Å². The smallest absolute Gasteiger partial charge is 0.419 e. The maximum Gasteiger partial charge on any atom is 0.419 e. The summed E-state index contributed by atoms with van der Waals surface area (Å²) in [5, 5.41) is 6.82. The van der Waals surface area contributed by atoms with Crippen LogP contribution in [0.2, 0.25) is 0 Å². The monoisotopic (exact) mass is 597 g/mol. The molecule has 0 radical (unpaired) electrons. The van der Waals surface area contributed by atoms with Crippen LogP contribution in [-0.4, -0.2) is 25.4 Å². The maximum absolute atomic E-state index is 13.8. The highest BCUT2D eigenvalue weighted by Gasteiger charge is 2.24. The second-order valence-corrected chi connectivity index (χ2v) is 13.0. The Balaban J connectivity index is 1.36. The number of ether oxygens (including phenoxy) is 1. The van der Waals surface area contributed by atoms with Gasteiger partial charge in [-0.2, -0.15) is 0 Å². The largest absolute Gasteiger partial charge is 0.443 e. The molecule has 3 aromatic heterocycles. The van der Waals surface area contributed by atoms with Crippen LogP contribution < -0.4 is 0 Å². The molecule has 0 aliphatic heterocycles. The SMILES string of the molecule is CC(C)(C)OC(=O)n1c2ccc(-n3c4ccccc4c4ccccc43)cc2c2cc(-n3c4ccccc4c4ccccc43)ccc21. The Kier molecular flexibility index (Phi) is 5.54. The molecule has 0 atom stereocenters. The lowest BCUT2D eigenvalue weighted by Crippen LogP contribution is -2.27. The zero-order chi connectivity index (χ0) is 31.2. The summed E-state index contributed by atoms with van der Waals surface area (Å²) in [6.45, 7) is 5.71. The molecule has 46 heavy (non-hydrogen) atoms. The highest BCUT2D eigenvalue weighted by Crippen LogP contribution is 2.38. The van der Waals surface area contributed by atoms with E-state index in [0.717, 1.165) is 55.2 Å². The van der Waals surface area contributed by atoms with E-state index in [-0.39, 0.29) is 6.09 Å². The van der Waals surface area contributed by atoms with Crippen molar-refractivity contribution in [2.45, 2.75) is 26.4 Å². The number of rotatable bonds is 2. The average molecular weight is 598 g/mol. The highest BCUT2D eigenvalue weighted by atomic mass is 16.6. The second-order valence-electron chi connectivity index (χ2n) is 13.0. The summed E-state index contributed by atoms with van der Waals surface area (Å²) < 4.78 is 12.3. The number of fused-ring (bicyclic) bond motifs is 9. The minimum Gasteiger partial charge on any atom is -0.443 e. The third kappa shape index (κ3) is 3.85. The lowest BCUT2D eigenvalue weighted by Gasteiger charge is -2.20. The van der Waals surface area contributed by atoms with Crippen molar-refractivity contribution in [3.63, 3.8) is 0 Å². The molecule has 0 amide bonds. The van der Waals surface area contributed by atoms with Crippen molar-refractivity contribution in [3.8, 4) is 11.4 Å². The van der Waals surface area contributed by atoms with Gasteiger partial charge in [-0.3, -0.25) is 0 Å². The van der Waals surface area contributed by atoms with E-state index in [1.807, 2.05) is 20.8 Å². The molecule has 5 heteroatoms. The van der Waals surface area contributed by atoms with Crippen LogP contribution >= 0.6 is 0 Å². The van der Waals surface area contributed by atoms with Crippen molar-refractivity contribution in [2.75, 3.05) is 0 Å². The Morgan fingerprint density at radius 2 is 0.804 bits per heavy atom. The minimum atomic E-state index is -0.633. The minimum absolute atomic E-state index is 0.387. The number of para-hydroxylation sites is 4. The molecule has 0 spiro atoms. The van der Waals surface area contributed by atoms with Gasteiger partial charge in [-0.1, -0.05) is 72.8 Å². The van der Waals surface area contributed by atoms with Crippen LogP contribution in [0.15, 0.2) is 133 Å². The molecule has 222 valence electrons. The normalized spacial score (nSPS) is 12.3. The Morgan fingerprint density at radius 1 is 0.457 bits per heavy atom. The first-order valence-electron chi connectivity index (χ1n) is 15.7. The standard InChI is InChI=1S/C41H31N3O2/c1-41(2,3)46-40(45)44-38-22-20-26(42-34-16-8-4-12-28(34)29-13-5-9-17-35(29)42)24-32(38)33-25-27(21-23-39(33)44)43-36-18-10-6-14-30(36)31-15-7-11-19-37(31)43/h4-25H,1-3H3. The molecule has 0 unspecified atom stereocenters. The van der Waals surface area contributed by atoms with Crippen molar-refractivity contribution in [3.05, 3.63) is 133 Å². The molecule has 0 bridgehead atoms. The van der Waals surface area contributed by atoms with E-state index in [9.17, 15) is 4.79 Å². The van der Waals surface area contributed by atoms with Gasteiger partial charge in [0.05, 0.1) is 33.1 Å². The van der Waals surface area contributed by atoms with Crippen LogP contribution in [0.25, 0.3) is 76.8 Å². The zero-order valence-electron chi connectivity index (χ0n) is 25.9. The molecular weight excluding hydrogens is 566 g/mol. The highest BCUT2D eigenvalue weighted by molar-refractivity contribution is 6.15. The van der Waals surface area contributed by atoms with Crippen LogP contribution in [0.3, 0.4) is 0 Å². The number of aromatic nitrogens is 3. The molecule has 0 aliphatic carbocycles. The summed E-state index contributed by atoms with van der Waals surface area (Å²) >= 11 is 0. The summed E-state index contributed by atoms with van der Waals surface area (Å²) in [5.41, 5.74) is 7.64. The van der Waals surface area contributed by atoms with Gasteiger partial charge < -0.3 is 13.9 Å². The van der Waals surface area contributed by atoms with Gasteiger partial charge in [0.2, 0.25) is 0 Å². The van der Waals surface area contributed by atoms with E-state index in [0.29, 0.717) is 0 Å². The van der Waals surface area contributed by atoms with Gasteiger partial charge in [0, 0.05) is 43.7 Å². The fourth-order valence-corrected chi connectivity index (χ4v) is 7.18. The molecule has 9 rings (SSSR count). The molecular formula is C41H31N3O2. The van der Waals surface area contributed by atoms with Crippen molar-refractivity contribution in [2.24, 2.45) is 0 Å². The van der Waals surface area contributed by atoms with Gasteiger partial charge in [-0.05, 0) is 81.4 Å². The van der Waals surface area contributed by atoms with Crippen LogP contribution in [0, 0.1) is 0 Å². The molecule has 9 aromatic rings. The first kappa shape index (κ1) is 26.6. The number of hydrogen-bond acceptors (Lipinski definition) is 2. The van der Waals surface area contributed by atoms with Crippen molar-refractivity contribution >= 4 is 71.5 Å².